The van der Waals surface area contributed by atoms with E-state index < -0.39 is 54.7 Å². The number of fused-ring (bicyclic) bond motifs is 1. The number of phenolic OH excluding ortho intramolecular Hbond substituents is 1. The number of phenols is 1. The summed E-state index contributed by atoms with van der Waals surface area (Å²) in [5.74, 6) is 0.296. The highest BCUT2D eigenvalue weighted by molar-refractivity contribution is 5.97. The molecule has 61 heavy (non-hydrogen) atoms. The Labute approximate surface area is 378 Å². The molecule has 0 radical (unpaired) electrons. The second kappa shape index (κ2) is 15.3. The van der Waals surface area contributed by atoms with Crippen molar-refractivity contribution in [1.29, 1.82) is 0 Å². The molecule has 8 aromatic rings. The van der Waals surface area contributed by atoms with Crippen molar-refractivity contribution >= 4 is 11.0 Å². The van der Waals surface area contributed by atoms with Crippen molar-refractivity contribution in [2.75, 3.05) is 0 Å². The average Bonchev–Trinajstić information content (AvgIpc) is 3.69. The Kier molecular flexibility index (Phi) is 7.51. The van der Waals surface area contributed by atoms with Gasteiger partial charge < -0.3 is 5.11 Å². The van der Waals surface area contributed by atoms with Gasteiger partial charge in [-0.25, -0.2) is 4.98 Å². The first-order valence-electron chi connectivity index (χ1n) is 26.1. The summed E-state index contributed by atoms with van der Waals surface area (Å²) in [7, 11) is 0. The van der Waals surface area contributed by atoms with Gasteiger partial charge in [0.1, 0.15) is 11.6 Å². The molecule has 308 valence electrons. The lowest BCUT2D eigenvalue weighted by atomic mass is 9.79. The van der Waals surface area contributed by atoms with Crippen LogP contribution in [0.5, 0.6) is 5.75 Å². The zero-order valence-electron chi connectivity index (χ0n) is 47.9. The SMILES string of the molecule is [2H]c1nc(-c2cc(-c3cccc4c3nc(-c3cc(C)cc(C)c3O)n4-c3ccc(-c4cc(C(C)(C)C)cc(C(C)(C)C)c4)cc3C([2H])([2H])[2H])cc(C(C)(C)C)c2)c([2H])c(-c2c([2H])c([2H])c([2H])c([2H])c2[2H])c1[2H]. The number of benzene rings is 6. The van der Waals surface area contributed by atoms with Crippen LogP contribution in [0, 0.1) is 20.7 Å². The molecule has 0 atom stereocenters. The van der Waals surface area contributed by atoms with E-state index in [1.54, 1.807) is 23.6 Å². The maximum atomic E-state index is 11.8. The van der Waals surface area contributed by atoms with Gasteiger partial charge in [0.05, 0.1) is 38.9 Å². The predicted molar refractivity (Wildman–Crippen MR) is 258 cm³/mol. The highest BCUT2D eigenvalue weighted by atomic mass is 16.3. The van der Waals surface area contributed by atoms with Crippen molar-refractivity contribution < 1.29 is 20.2 Å². The molecule has 0 saturated heterocycles. The Morgan fingerprint density at radius 2 is 1.25 bits per heavy atom. The molecule has 0 bridgehead atoms. The molecular formula is C57H59N3O. The zero-order chi connectivity index (χ0) is 53.1. The molecule has 0 saturated carbocycles. The lowest BCUT2D eigenvalue weighted by Crippen LogP contribution is -2.16. The van der Waals surface area contributed by atoms with Gasteiger partial charge in [-0.1, -0.05) is 141 Å². The van der Waals surface area contributed by atoms with Crippen LogP contribution in [0.3, 0.4) is 0 Å². The van der Waals surface area contributed by atoms with Gasteiger partial charge in [-0.3, -0.25) is 9.55 Å². The number of aromatic hydroxyl groups is 1. The monoisotopic (exact) mass is 813 g/mol. The summed E-state index contributed by atoms with van der Waals surface area (Å²) in [6, 6.07) is 22.9. The van der Waals surface area contributed by atoms with E-state index in [0.29, 0.717) is 50.4 Å². The Morgan fingerprint density at radius 3 is 1.92 bits per heavy atom. The van der Waals surface area contributed by atoms with Crippen LogP contribution in [0.4, 0.5) is 0 Å². The van der Waals surface area contributed by atoms with Crippen LogP contribution in [0.25, 0.3) is 72.7 Å². The van der Waals surface area contributed by atoms with Crippen LogP contribution >= 0.6 is 0 Å². The van der Waals surface area contributed by atoms with E-state index in [1.807, 2.05) is 82.3 Å². The second-order valence-electron chi connectivity index (χ2n) is 19.2. The quantitative estimate of drug-likeness (QED) is 0.182. The van der Waals surface area contributed by atoms with E-state index in [-0.39, 0.29) is 45.0 Å². The molecule has 8 rings (SSSR count). The van der Waals surface area contributed by atoms with E-state index in [0.717, 1.165) is 33.4 Å². The summed E-state index contributed by atoms with van der Waals surface area (Å²) in [4.78, 5) is 9.74. The first-order chi connectivity index (χ1) is 33.3. The summed E-state index contributed by atoms with van der Waals surface area (Å²) in [6.45, 7) is 20.1. The number of aryl methyl sites for hydroxylation is 3. The summed E-state index contributed by atoms with van der Waals surface area (Å²) in [5, 5.41) is 11.8. The number of pyridine rings is 1. The minimum absolute atomic E-state index is 0.00973. The molecule has 4 heteroatoms. The van der Waals surface area contributed by atoms with Gasteiger partial charge in [-0.05, 0) is 147 Å². The van der Waals surface area contributed by atoms with Gasteiger partial charge in [0.2, 0.25) is 0 Å². The predicted octanol–water partition coefficient (Wildman–Crippen LogP) is 15.3. The normalized spacial score (nSPS) is 15.1. The minimum atomic E-state index is -2.61. The van der Waals surface area contributed by atoms with Crippen LogP contribution in [0.1, 0.15) is 111 Å². The molecule has 0 amide bonds. The molecule has 0 aliphatic heterocycles. The number of rotatable bonds is 6. The molecule has 6 aromatic carbocycles. The maximum absolute atomic E-state index is 11.8. The van der Waals surface area contributed by atoms with Crippen molar-refractivity contribution in [2.24, 2.45) is 0 Å². The van der Waals surface area contributed by atoms with Crippen LogP contribution in [-0.4, -0.2) is 19.6 Å². The molecule has 0 aliphatic rings. The Hall–Kier alpha value is -6.26. The standard InChI is InChI=1S/C57H59N3O/c1-35-25-37(3)53(61)48(26-35)54-59-52-47(42-28-43(32-44(31-42)55(4,5)6)49-33-40(23-24-58-49)38-17-14-13-15-18-38)19-16-20-51(52)60(54)50-22-21-39(27-36(50)2)41-29-45(56(7,8)9)34-46(30-41)57(10,11)12/h13-34,61H,1-12H3/i2D3,13D,14D,15D,17D,18D,23D,24D,33D. The molecule has 4 nitrogen and oxygen atoms in total. The van der Waals surface area contributed by atoms with Gasteiger partial charge in [-0.2, -0.15) is 0 Å². The van der Waals surface area contributed by atoms with Crippen molar-refractivity contribution in [1.82, 2.24) is 14.5 Å². The zero-order valence-corrected chi connectivity index (χ0v) is 36.9. The molecule has 2 heterocycles. The molecule has 2 aromatic heterocycles. The van der Waals surface area contributed by atoms with Gasteiger partial charge in [0.25, 0.3) is 0 Å². The fraction of sp³-hybridized carbons (Fsp3) is 0.263. The summed E-state index contributed by atoms with van der Waals surface area (Å²) < 4.78 is 98.3. The third kappa shape index (κ3) is 8.16. The lowest BCUT2D eigenvalue weighted by molar-refractivity contribution is 0.472. The Balaban J connectivity index is 1.43. The van der Waals surface area contributed by atoms with Crippen molar-refractivity contribution in [3.05, 3.63) is 167 Å². The van der Waals surface area contributed by atoms with Gasteiger partial charge in [0.15, 0.2) is 0 Å². The molecular weight excluding hydrogens is 743 g/mol. The number of aromatic nitrogens is 3. The maximum Gasteiger partial charge on any atom is 0.149 e. The van der Waals surface area contributed by atoms with Crippen LogP contribution in [0.2, 0.25) is 0 Å². The second-order valence-corrected chi connectivity index (χ2v) is 19.2. The number of para-hydroxylation sites is 1. The smallest absolute Gasteiger partial charge is 0.149 e. The fourth-order valence-corrected chi connectivity index (χ4v) is 7.76. The molecule has 0 aliphatic carbocycles. The van der Waals surface area contributed by atoms with E-state index in [1.165, 1.54) is 0 Å². The summed E-state index contributed by atoms with van der Waals surface area (Å²) in [6.07, 6.45) is -0.545. The third-order valence-corrected chi connectivity index (χ3v) is 11.3. The van der Waals surface area contributed by atoms with E-state index in [9.17, 15) is 6.48 Å². The van der Waals surface area contributed by atoms with E-state index in [4.69, 9.17) is 18.7 Å². The van der Waals surface area contributed by atoms with Crippen LogP contribution in [-0.2, 0) is 16.2 Å². The number of imidazole rings is 1. The number of hydrogen-bond donors (Lipinski definition) is 1. The largest absolute Gasteiger partial charge is 0.507 e. The first kappa shape index (κ1) is 29.9. The average molecular weight is 813 g/mol. The van der Waals surface area contributed by atoms with Crippen molar-refractivity contribution in [3.8, 4) is 67.5 Å². The number of hydrogen-bond acceptors (Lipinski definition) is 3. The fourth-order valence-electron chi connectivity index (χ4n) is 7.76. The lowest BCUT2D eigenvalue weighted by Gasteiger charge is -2.26. The third-order valence-electron chi connectivity index (χ3n) is 11.3. The number of nitrogens with zero attached hydrogens (tertiary/aromatic N) is 3. The van der Waals surface area contributed by atoms with Crippen LogP contribution < -0.4 is 0 Å². The molecule has 0 fully saturated rings. The molecule has 0 unspecified atom stereocenters. The van der Waals surface area contributed by atoms with Gasteiger partial charge in [-0.15, -0.1) is 0 Å². The van der Waals surface area contributed by atoms with E-state index >= 15 is 0 Å². The van der Waals surface area contributed by atoms with E-state index in [2.05, 4.69) is 64.7 Å². The Morgan fingerprint density at radius 1 is 0.590 bits per heavy atom. The minimum Gasteiger partial charge on any atom is -0.507 e. The van der Waals surface area contributed by atoms with Gasteiger partial charge >= 0.3 is 0 Å². The van der Waals surface area contributed by atoms with Crippen LogP contribution in [0.15, 0.2) is 133 Å². The topological polar surface area (TPSA) is 50.9 Å². The highest BCUT2D eigenvalue weighted by Crippen LogP contribution is 2.42. The van der Waals surface area contributed by atoms with Crippen molar-refractivity contribution in [2.45, 2.75) is 99.3 Å². The Bertz CT molecular complexity index is 3470. The van der Waals surface area contributed by atoms with Gasteiger partial charge in [0, 0.05) is 21.4 Å². The summed E-state index contributed by atoms with van der Waals surface area (Å²) >= 11 is 0. The van der Waals surface area contributed by atoms with Crippen molar-refractivity contribution in [3.63, 3.8) is 0 Å². The molecule has 0 spiro atoms. The first-order valence-corrected chi connectivity index (χ1v) is 20.6. The highest BCUT2D eigenvalue weighted by Gasteiger charge is 2.25. The summed E-state index contributed by atoms with van der Waals surface area (Å²) in [5.41, 5.74) is 8.04. The molecule has 1 N–H and O–H groups in total.